The first kappa shape index (κ1) is 25.6. The van der Waals surface area contributed by atoms with Crippen molar-refractivity contribution in [1.29, 1.82) is 0 Å². The van der Waals surface area contributed by atoms with Crippen LogP contribution in [0, 0.1) is 13.8 Å². The number of likely N-dealkylation sites (tertiary alicyclic amines) is 2. The van der Waals surface area contributed by atoms with Crippen molar-refractivity contribution in [2.45, 2.75) is 89.5 Å². The van der Waals surface area contributed by atoms with Crippen LogP contribution in [0.2, 0.25) is 0 Å². The number of nitrogens with one attached hydrogen (secondary N) is 1. The highest BCUT2D eigenvalue weighted by molar-refractivity contribution is 7.11. The second-order valence-corrected chi connectivity index (χ2v) is 12.6. The second-order valence-electron chi connectivity index (χ2n) is 11.3. The molecule has 9 nitrogen and oxygen atoms in total. The van der Waals surface area contributed by atoms with Crippen LogP contribution >= 0.6 is 11.3 Å². The summed E-state index contributed by atoms with van der Waals surface area (Å²) in [7, 11) is 2.12. The second kappa shape index (κ2) is 10.0. The first-order chi connectivity index (χ1) is 17.1. The summed E-state index contributed by atoms with van der Waals surface area (Å²) >= 11 is 1.76. The number of thiazole rings is 1. The molecule has 3 amide bonds. The molecule has 10 heteroatoms. The molecule has 0 aromatic carbocycles. The van der Waals surface area contributed by atoms with Gasteiger partial charge in [-0.1, -0.05) is 0 Å². The third-order valence-corrected chi connectivity index (χ3v) is 10.1. The summed E-state index contributed by atoms with van der Waals surface area (Å²) < 4.78 is 0. The van der Waals surface area contributed by atoms with E-state index in [1.165, 1.54) is 4.88 Å². The van der Waals surface area contributed by atoms with Gasteiger partial charge in [-0.2, -0.15) is 0 Å². The van der Waals surface area contributed by atoms with Crippen molar-refractivity contribution in [1.82, 2.24) is 29.9 Å². The minimum atomic E-state index is -0.422. The van der Waals surface area contributed by atoms with Crippen molar-refractivity contribution in [2.24, 2.45) is 0 Å². The Morgan fingerprint density at radius 2 is 1.83 bits per heavy atom. The first-order valence-electron chi connectivity index (χ1n) is 13.4. The van der Waals surface area contributed by atoms with Gasteiger partial charge in [-0.05, 0) is 53.0 Å². The molecule has 36 heavy (non-hydrogen) atoms. The van der Waals surface area contributed by atoms with Crippen molar-refractivity contribution >= 4 is 29.1 Å². The minimum absolute atomic E-state index is 0.0190. The number of nitrogens with zero attached hydrogens (tertiary/aromatic N) is 5. The Kier molecular flexibility index (Phi) is 7.13. The Labute approximate surface area is 218 Å². The van der Waals surface area contributed by atoms with Gasteiger partial charge >= 0.3 is 0 Å². The number of rotatable bonds is 4. The maximum atomic E-state index is 13.4. The van der Waals surface area contributed by atoms with Gasteiger partial charge in [-0.3, -0.25) is 24.2 Å². The number of amides is 3. The largest absolute Gasteiger partial charge is 0.348 e. The number of carbonyl (C=O) groups excluding carboxylic acids is 3. The number of fused-ring (bicyclic) bond motifs is 1. The van der Waals surface area contributed by atoms with Crippen LogP contribution in [-0.2, 0) is 20.9 Å². The van der Waals surface area contributed by atoms with Gasteiger partial charge in [-0.25, -0.2) is 4.98 Å². The molecular weight excluding hydrogens is 476 g/mol. The Bertz CT molecular complexity index is 983. The van der Waals surface area contributed by atoms with Crippen molar-refractivity contribution in [3.8, 4) is 0 Å². The Morgan fingerprint density at radius 3 is 2.44 bits per heavy atom. The summed E-state index contributed by atoms with van der Waals surface area (Å²) in [6.45, 7) is 10.6. The zero-order valence-corrected chi connectivity index (χ0v) is 22.9. The summed E-state index contributed by atoms with van der Waals surface area (Å²) in [5.74, 6) is 0.273. The average molecular weight is 517 g/mol. The van der Waals surface area contributed by atoms with Gasteiger partial charge in [-0.15, -0.1) is 11.3 Å². The molecule has 1 aromatic rings. The van der Waals surface area contributed by atoms with Gasteiger partial charge < -0.3 is 15.1 Å². The lowest BCUT2D eigenvalue weighted by Crippen LogP contribution is -2.56. The number of hydrogen-bond acceptors (Lipinski definition) is 7. The van der Waals surface area contributed by atoms with E-state index in [9.17, 15) is 14.4 Å². The van der Waals surface area contributed by atoms with Gasteiger partial charge in [0.1, 0.15) is 6.04 Å². The van der Waals surface area contributed by atoms with Crippen molar-refractivity contribution in [3.63, 3.8) is 0 Å². The molecule has 1 spiro atoms. The van der Waals surface area contributed by atoms with Gasteiger partial charge in [0.25, 0.3) is 0 Å². The fourth-order valence-electron chi connectivity index (χ4n) is 6.66. The van der Waals surface area contributed by atoms with E-state index in [1.807, 2.05) is 16.7 Å². The summed E-state index contributed by atoms with van der Waals surface area (Å²) in [5, 5.41) is 4.45. The number of aromatic nitrogens is 1. The lowest BCUT2D eigenvalue weighted by molar-refractivity contribution is -0.136. The minimum Gasteiger partial charge on any atom is -0.348 e. The lowest BCUT2D eigenvalue weighted by Gasteiger charge is -2.41. The van der Waals surface area contributed by atoms with E-state index in [0.717, 1.165) is 69.1 Å². The van der Waals surface area contributed by atoms with Gasteiger partial charge in [0, 0.05) is 63.2 Å². The van der Waals surface area contributed by atoms with Crippen LogP contribution in [0.1, 0.15) is 61.0 Å². The standard InChI is InChI=1S/C26H40N6O3S/c1-17-23(36-18(2)27-17)16-30-11-7-26(8-12-30)14-24(34)32-15-21(13-22(32)25(35)28-26)29(4)20-5-9-31(10-6-20)19(3)33/h20-22H,5-16H2,1-4H3,(H,28,35)/t21-,22-/m0/s1. The number of aryl methyl sites for hydroxylation is 2. The predicted molar refractivity (Wildman–Crippen MR) is 139 cm³/mol. The quantitative estimate of drug-likeness (QED) is 0.653. The average Bonchev–Trinajstić information content (AvgIpc) is 3.41. The van der Waals surface area contributed by atoms with E-state index >= 15 is 0 Å². The normalized spacial score (nSPS) is 27.5. The van der Waals surface area contributed by atoms with Crippen LogP contribution in [0.4, 0.5) is 0 Å². The molecule has 0 unspecified atom stereocenters. The number of hydrogen-bond donors (Lipinski definition) is 1. The molecule has 198 valence electrons. The molecule has 5 heterocycles. The maximum Gasteiger partial charge on any atom is 0.243 e. The molecule has 2 atom stereocenters. The molecule has 1 N–H and O–H groups in total. The van der Waals surface area contributed by atoms with E-state index in [0.29, 0.717) is 25.4 Å². The molecule has 4 saturated heterocycles. The van der Waals surface area contributed by atoms with E-state index in [-0.39, 0.29) is 29.8 Å². The molecule has 4 aliphatic heterocycles. The molecule has 0 saturated carbocycles. The van der Waals surface area contributed by atoms with Crippen LogP contribution in [0.3, 0.4) is 0 Å². The number of piperidine rings is 2. The first-order valence-corrected chi connectivity index (χ1v) is 14.2. The highest BCUT2D eigenvalue weighted by atomic mass is 32.1. The Hall–Kier alpha value is -2.04. The molecule has 1 aromatic heterocycles. The number of carbonyl (C=O) groups is 3. The van der Waals surface area contributed by atoms with Crippen LogP contribution in [-0.4, -0.2) is 106 Å². The molecule has 4 aliphatic rings. The molecule has 0 radical (unpaired) electrons. The Morgan fingerprint density at radius 1 is 1.14 bits per heavy atom. The molecule has 4 fully saturated rings. The van der Waals surface area contributed by atoms with Crippen molar-refractivity contribution in [3.05, 3.63) is 15.6 Å². The summed E-state index contributed by atoms with van der Waals surface area (Å²) in [6, 6.07) is 0.192. The molecule has 0 bridgehead atoms. The van der Waals surface area contributed by atoms with Crippen LogP contribution in [0.25, 0.3) is 0 Å². The van der Waals surface area contributed by atoms with Gasteiger partial charge in [0.05, 0.1) is 22.7 Å². The predicted octanol–water partition coefficient (Wildman–Crippen LogP) is 1.53. The molecular formula is C26H40N6O3S. The van der Waals surface area contributed by atoms with E-state index in [2.05, 4.69) is 34.1 Å². The summed E-state index contributed by atoms with van der Waals surface area (Å²) in [4.78, 5) is 52.9. The van der Waals surface area contributed by atoms with E-state index in [4.69, 9.17) is 0 Å². The third kappa shape index (κ3) is 5.04. The zero-order chi connectivity index (χ0) is 25.6. The van der Waals surface area contributed by atoms with Crippen LogP contribution in [0.5, 0.6) is 0 Å². The fraction of sp³-hybridized carbons (Fsp3) is 0.769. The monoisotopic (exact) mass is 516 g/mol. The topological polar surface area (TPSA) is 89.1 Å². The highest BCUT2D eigenvalue weighted by Gasteiger charge is 2.50. The summed E-state index contributed by atoms with van der Waals surface area (Å²) in [6.07, 6.45) is 4.58. The zero-order valence-electron chi connectivity index (χ0n) is 22.1. The van der Waals surface area contributed by atoms with Gasteiger partial charge in [0.15, 0.2) is 0 Å². The Balaban J connectivity index is 1.18. The van der Waals surface area contributed by atoms with Crippen molar-refractivity contribution < 1.29 is 14.4 Å². The van der Waals surface area contributed by atoms with Crippen LogP contribution in [0.15, 0.2) is 0 Å². The smallest absolute Gasteiger partial charge is 0.243 e. The van der Waals surface area contributed by atoms with E-state index in [1.54, 1.807) is 18.3 Å². The summed E-state index contributed by atoms with van der Waals surface area (Å²) in [5.41, 5.74) is 0.689. The fourth-order valence-corrected chi connectivity index (χ4v) is 7.64. The SMILES string of the molecule is CC(=O)N1CCC(N(C)[C@H]2C[C@H]3C(=O)NC4(CCN(Cc5sc(C)nc5C)CC4)CC(=O)N3C2)CC1. The maximum absolute atomic E-state index is 13.4. The van der Waals surface area contributed by atoms with Gasteiger partial charge in [0.2, 0.25) is 17.7 Å². The van der Waals surface area contributed by atoms with Crippen molar-refractivity contribution in [2.75, 3.05) is 39.8 Å². The molecule has 0 aliphatic carbocycles. The number of likely N-dealkylation sites (N-methyl/N-ethyl adjacent to an activating group) is 1. The third-order valence-electron chi connectivity index (χ3n) is 9.02. The van der Waals surface area contributed by atoms with Crippen LogP contribution < -0.4 is 5.32 Å². The molecule has 5 rings (SSSR count). The highest BCUT2D eigenvalue weighted by Crippen LogP contribution is 2.35. The van der Waals surface area contributed by atoms with E-state index < -0.39 is 5.54 Å². The lowest BCUT2D eigenvalue weighted by atomic mass is 9.84.